The van der Waals surface area contributed by atoms with Crippen LogP contribution < -0.4 is 9.47 Å². The number of aromatic nitrogens is 2. The zero-order valence-corrected chi connectivity index (χ0v) is 19.3. The van der Waals surface area contributed by atoms with E-state index in [4.69, 9.17) is 14.5 Å². The van der Waals surface area contributed by atoms with Crippen LogP contribution in [-0.4, -0.2) is 41.1 Å². The SMILES string of the molecule is CCN(Cc1ccc(OC)c(OC)c1)C(=O)CCc1nc2ccccc2n1-c1ccccc1. The van der Waals surface area contributed by atoms with Gasteiger partial charge in [0.05, 0.1) is 25.3 Å². The van der Waals surface area contributed by atoms with Gasteiger partial charge < -0.3 is 14.4 Å². The number of hydrogen-bond acceptors (Lipinski definition) is 4. The minimum Gasteiger partial charge on any atom is -0.493 e. The second kappa shape index (κ2) is 10.2. The van der Waals surface area contributed by atoms with Gasteiger partial charge >= 0.3 is 0 Å². The topological polar surface area (TPSA) is 56.6 Å². The molecule has 1 aromatic heterocycles. The first-order chi connectivity index (χ1) is 16.1. The molecule has 4 rings (SSSR count). The molecule has 3 aromatic carbocycles. The van der Waals surface area contributed by atoms with Gasteiger partial charge in [0.15, 0.2) is 11.5 Å². The molecule has 1 amide bonds. The molecule has 0 bridgehead atoms. The van der Waals surface area contributed by atoms with Crippen molar-refractivity contribution in [1.29, 1.82) is 0 Å². The molecule has 0 radical (unpaired) electrons. The van der Waals surface area contributed by atoms with Crippen LogP contribution in [-0.2, 0) is 17.8 Å². The third kappa shape index (κ3) is 4.85. The standard InChI is InChI=1S/C27H29N3O3/c1-4-29(19-20-14-15-24(32-2)25(18-20)33-3)27(31)17-16-26-28-22-12-8-9-13-23(22)30(26)21-10-6-5-7-11-21/h5-15,18H,4,16-17,19H2,1-3H3. The van der Waals surface area contributed by atoms with E-state index in [2.05, 4.69) is 22.8 Å². The highest BCUT2D eigenvalue weighted by molar-refractivity contribution is 5.79. The number of carbonyl (C=O) groups is 1. The Morgan fingerprint density at radius 2 is 1.67 bits per heavy atom. The molecule has 4 aromatic rings. The molecule has 0 atom stereocenters. The summed E-state index contributed by atoms with van der Waals surface area (Å²) in [6.45, 7) is 3.14. The summed E-state index contributed by atoms with van der Waals surface area (Å²) in [6, 6.07) is 24.0. The van der Waals surface area contributed by atoms with Gasteiger partial charge in [-0.05, 0) is 48.9 Å². The number of methoxy groups -OCH3 is 2. The first kappa shape index (κ1) is 22.4. The fourth-order valence-electron chi connectivity index (χ4n) is 4.06. The maximum atomic E-state index is 13.1. The Morgan fingerprint density at radius 1 is 0.939 bits per heavy atom. The van der Waals surface area contributed by atoms with Crippen molar-refractivity contribution in [2.75, 3.05) is 20.8 Å². The first-order valence-corrected chi connectivity index (χ1v) is 11.1. The lowest BCUT2D eigenvalue weighted by Gasteiger charge is -2.22. The molecule has 1 heterocycles. The number of rotatable bonds is 9. The van der Waals surface area contributed by atoms with Crippen LogP contribution in [0, 0.1) is 0 Å². The van der Waals surface area contributed by atoms with Crippen molar-refractivity contribution in [2.45, 2.75) is 26.3 Å². The van der Waals surface area contributed by atoms with Crippen LogP contribution in [0.4, 0.5) is 0 Å². The Hall–Kier alpha value is -3.80. The van der Waals surface area contributed by atoms with E-state index in [9.17, 15) is 4.79 Å². The number of amides is 1. The summed E-state index contributed by atoms with van der Waals surface area (Å²) in [5, 5.41) is 0. The summed E-state index contributed by atoms with van der Waals surface area (Å²) >= 11 is 0. The number of benzene rings is 3. The number of carbonyl (C=O) groups excluding carboxylic acids is 1. The van der Waals surface area contributed by atoms with Crippen molar-refractivity contribution in [3.8, 4) is 17.2 Å². The average Bonchev–Trinajstić information content (AvgIpc) is 3.24. The van der Waals surface area contributed by atoms with Crippen LogP contribution in [0.1, 0.15) is 24.7 Å². The average molecular weight is 444 g/mol. The minimum atomic E-state index is 0.0963. The zero-order valence-electron chi connectivity index (χ0n) is 19.3. The van der Waals surface area contributed by atoms with Crippen LogP contribution in [0.15, 0.2) is 72.8 Å². The monoisotopic (exact) mass is 443 g/mol. The molecule has 0 unspecified atom stereocenters. The molecule has 170 valence electrons. The number of imidazole rings is 1. The predicted octanol–water partition coefficient (Wildman–Crippen LogP) is 5.02. The number of nitrogens with zero attached hydrogens (tertiary/aromatic N) is 3. The summed E-state index contributed by atoms with van der Waals surface area (Å²) < 4.78 is 12.9. The van der Waals surface area contributed by atoms with Crippen molar-refractivity contribution < 1.29 is 14.3 Å². The fraction of sp³-hybridized carbons (Fsp3) is 0.259. The van der Waals surface area contributed by atoms with Crippen LogP contribution in [0.2, 0.25) is 0 Å². The quantitative estimate of drug-likeness (QED) is 0.364. The lowest BCUT2D eigenvalue weighted by Crippen LogP contribution is -2.30. The maximum absolute atomic E-state index is 13.1. The normalized spacial score (nSPS) is 10.9. The van der Waals surface area contributed by atoms with Gasteiger partial charge in [-0.1, -0.05) is 36.4 Å². The van der Waals surface area contributed by atoms with Crippen LogP contribution >= 0.6 is 0 Å². The number of hydrogen-bond donors (Lipinski definition) is 0. The highest BCUT2D eigenvalue weighted by atomic mass is 16.5. The highest BCUT2D eigenvalue weighted by Crippen LogP contribution is 2.28. The van der Waals surface area contributed by atoms with E-state index in [1.54, 1.807) is 14.2 Å². The molecule has 0 N–H and O–H groups in total. The van der Waals surface area contributed by atoms with Crippen molar-refractivity contribution in [2.24, 2.45) is 0 Å². The summed E-state index contributed by atoms with van der Waals surface area (Å²) in [6.07, 6.45) is 0.947. The lowest BCUT2D eigenvalue weighted by molar-refractivity contribution is -0.131. The Bertz CT molecular complexity index is 1230. The molecular weight excluding hydrogens is 414 g/mol. The molecule has 0 spiro atoms. The van der Waals surface area contributed by atoms with Crippen molar-refractivity contribution in [3.05, 3.63) is 84.2 Å². The second-order valence-electron chi connectivity index (χ2n) is 7.78. The number of fused-ring (bicyclic) bond motifs is 1. The van der Waals surface area contributed by atoms with Crippen LogP contribution in [0.3, 0.4) is 0 Å². The molecular formula is C27H29N3O3. The third-order valence-electron chi connectivity index (χ3n) is 5.76. The molecule has 0 aliphatic rings. The molecule has 0 saturated carbocycles. The predicted molar refractivity (Wildman–Crippen MR) is 130 cm³/mol. The van der Waals surface area contributed by atoms with Crippen LogP contribution in [0.25, 0.3) is 16.7 Å². The summed E-state index contributed by atoms with van der Waals surface area (Å²) in [5.74, 6) is 2.32. The Morgan fingerprint density at radius 3 is 2.39 bits per heavy atom. The van der Waals surface area contributed by atoms with E-state index < -0.39 is 0 Å². The van der Waals surface area contributed by atoms with Crippen molar-refractivity contribution in [1.82, 2.24) is 14.5 Å². The Balaban J connectivity index is 1.52. The zero-order chi connectivity index (χ0) is 23.2. The first-order valence-electron chi connectivity index (χ1n) is 11.1. The number of para-hydroxylation sites is 3. The number of aryl methyl sites for hydroxylation is 1. The van der Waals surface area contributed by atoms with E-state index in [0.717, 1.165) is 28.1 Å². The van der Waals surface area contributed by atoms with E-state index >= 15 is 0 Å². The van der Waals surface area contributed by atoms with E-state index in [0.29, 0.717) is 37.4 Å². The van der Waals surface area contributed by atoms with E-state index in [-0.39, 0.29) is 5.91 Å². The molecule has 6 heteroatoms. The highest BCUT2D eigenvalue weighted by Gasteiger charge is 2.17. The van der Waals surface area contributed by atoms with Crippen molar-refractivity contribution >= 4 is 16.9 Å². The largest absolute Gasteiger partial charge is 0.493 e. The van der Waals surface area contributed by atoms with Gasteiger partial charge in [0.1, 0.15) is 5.82 Å². The number of ether oxygens (including phenoxy) is 2. The van der Waals surface area contributed by atoms with E-state index in [1.807, 2.05) is 66.4 Å². The minimum absolute atomic E-state index is 0.0963. The van der Waals surface area contributed by atoms with Gasteiger partial charge in [0.2, 0.25) is 5.91 Å². The van der Waals surface area contributed by atoms with Gasteiger partial charge in [0, 0.05) is 31.6 Å². The molecule has 0 aliphatic carbocycles. The van der Waals surface area contributed by atoms with Crippen molar-refractivity contribution in [3.63, 3.8) is 0 Å². The second-order valence-corrected chi connectivity index (χ2v) is 7.78. The summed E-state index contributed by atoms with van der Waals surface area (Å²) in [7, 11) is 3.23. The molecule has 0 saturated heterocycles. The molecule has 0 aliphatic heterocycles. The summed E-state index contributed by atoms with van der Waals surface area (Å²) in [4.78, 5) is 19.8. The third-order valence-corrected chi connectivity index (χ3v) is 5.76. The Labute approximate surface area is 194 Å². The Kier molecular flexibility index (Phi) is 6.93. The fourth-order valence-corrected chi connectivity index (χ4v) is 4.06. The van der Waals surface area contributed by atoms with Crippen LogP contribution in [0.5, 0.6) is 11.5 Å². The maximum Gasteiger partial charge on any atom is 0.223 e. The van der Waals surface area contributed by atoms with E-state index in [1.165, 1.54) is 0 Å². The molecule has 0 fully saturated rings. The van der Waals surface area contributed by atoms with Gasteiger partial charge in [-0.25, -0.2) is 4.98 Å². The van der Waals surface area contributed by atoms with Gasteiger partial charge in [-0.2, -0.15) is 0 Å². The van der Waals surface area contributed by atoms with Gasteiger partial charge in [0.25, 0.3) is 0 Å². The smallest absolute Gasteiger partial charge is 0.223 e. The van der Waals surface area contributed by atoms with Gasteiger partial charge in [-0.15, -0.1) is 0 Å². The molecule has 6 nitrogen and oxygen atoms in total. The summed E-state index contributed by atoms with van der Waals surface area (Å²) in [5.41, 5.74) is 4.02. The molecule has 33 heavy (non-hydrogen) atoms. The lowest BCUT2D eigenvalue weighted by atomic mass is 10.1. The van der Waals surface area contributed by atoms with Gasteiger partial charge in [-0.3, -0.25) is 9.36 Å².